The molecule has 0 aliphatic carbocycles. The molecule has 2 heterocycles. The van der Waals surface area contributed by atoms with Gasteiger partial charge in [0.25, 0.3) is 0 Å². The predicted molar refractivity (Wildman–Crippen MR) is 92.7 cm³/mol. The SMILES string of the molecule is Cl.O=C(Nc1ncc(Cc2ccc(F)c(F)c2)s1)C1CCCNC1. The molecule has 1 aromatic carbocycles. The number of hydrogen-bond acceptors (Lipinski definition) is 4. The molecule has 0 saturated carbocycles. The summed E-state index contributed by atoms with van der Waals surface area (Å²) in [6.07, 6.45) is 3.99. The molecule has 1 aliphatic heterocycles. The van der Waals surface area contributed by atoms with Crippen molar-refractivity contribution in [3.63, 3.8) is 0 Å². The summed E-state index contributed by atoms with van der Waals surface area (Å²) < 4.78 is 26.1. The zero-order valence-electron chi connectivity index (χ0n) is 12.9. The highest BCUT2D eigenvalue weighted by Gasteiger charge is 2.21. The van der Waals surface area contributed by atoms with Gasteiger partial charge in [0.05, 0.1) is 5.92 Å². The fourth-order valence-corrected chi connectivity index (χ4v) is 3.43. The normalized spacial score (nSPS) is 17.2. The number of halogens is 3. The fourth-order valence-electron chi connectivity index (χ4n) is 2.58. The van der Waals surface area contributed by atoms with Gasteiger partial charge in [0.15, 0.2) is 16.8 Å². The average Bonchev–Trinajstić information content (AvgIpc) is 2.99. The maximum absolute atomic E-state index is 13.2. The lowest BCUT2D eigenvalue weighted by Gasteiger charge is -2.21. The Morgan fingerprint density at radius 3 is 2.92 bits per heavy atom. The predicted octanol–water partition coefficient (Wildman–Crippen LogP) is 3.37. The minimum Gasteiger partial charge on any atom is -0.316 e. The van der Waals surface area contributed by atoms with E-state index in [9.17, 15) is 13.6 Å². The van der Waals surface area contributed by atoms with E-state index in [4.69, 9.17) is 0 Å². The van der Waals surface area contributed by atoms with E-state index in [1.807, 2.05) is 0 Å². The number of nitrogens with one attached hydrogen (secondary N) is 2. The van der Waals surface area contributed by atoms with Crippen molar-refractivity contribution in [3.8, 4) is 0 Å². The molecule has 8 heteroatoms. The molecule has 4 nitrogen and oxygen atoms in total. The molecule has 24 heavy (non-hydrogen) atoms. The van der Waals surface area contributed by atoms with Crippen molar-refractivity contribution in [2.45, 2.75) is 19.3 Å². The van der Waals surface area contributed by atoms with E-state index < -0.39 is 11.6 Å². The van der Waals surface area contributed by atoms with E-state index in [0.29, 0.717) is 23.7 Å². The lowest BCUT2D eigenvalue weighted by atomic mass is 9.99. The summed E-state index contributed by atoms with van der Waals surface area (Å²) in [5, 5.41) is 6.58. The Bertz CT molecular complexity index is 704. The van der Waals surface area contributed by atoms with Gasteiger partial charge in [0.2, 0.25) is 5.91 Å². The summed E-state index contributed by atoms with van der Waals surface area (Å²) in [6, 6.07) is 3.84. The third-order valence-electron chi connectivity index (χ3n) is 3.81. The highest BCUT2D eigenvalue weighted by atomic mass is 35.5. The Hall–Kier alpha value is -1.57. The van der Waals surface area contributed by atoms with Crippen molar-refractivity contribution in [2.75, 3.05) is 18.4 Å². The van der Waals surface area contributed by atoms with Gasteiger partial charge in [-0.25, -0.2) is 13.8 Å². The lowest BCUT2D eigenvalue weighted by Crippen LogP contribution is -2.37. The first-order chi connectivity index (χ1) is 11.1. The molecule has 3 rings (SSSR count). The van der Waals surface area contributed by atoms with Crippen LogP contribution in [0.3, 0.4) is 0 Å². The second kappa shape index (κ2) is 8.50. The topological polar surface area (TPSA) is 54.0 Å². The molecule has 1 saturated heterocycles. The molecular formula is C16H18ClF2N3OS. The van der Waals surface area contributed by atoms with E-state index in [1.165, 1.54) is 17.4 Å². The zero-order chi connectivity index (χ0) is 16.2. The number of aromatic nitrogens is 1. The molecule has 2 N–H and O–H groups in total. The van der Waals surface area contributed by atoms with Crippen LogP contribution in [0.2, 0.25) is 0 Å². The molecule has 1 aliphatic rings. The summed E-state index contributed by atoms with van der Waals surface area (Å²) in [5.41, 5.74) is 0.668. The molecule has 1 unspecified atom stereocenters. The van der Waals surface area contributed by atoms with Crippen molar-refractivity contribution >= 4 is 34.8 Å². The lowest BCUT2D eigenvalue weighted by molar-refractivity contribution is -0.120. The Balaban J connectivity index is 0.00000208. The first kappa shape index (κ1) is 18.8. The molecule has 0 bridgehead atoms. The Morgan fingerprint density at radius 2 is 2.21 bits per heavy atom. The molecular weight excluding hydrogens is 356 g/mol. The average molecular weight is 374 g/mol. The van der Waals surface area contributed by atoms with Gasteiger partial charge >= 0.3 is 0 Å². The van der Waals surface area contributed by atoms with E-state index in [2.05, 4.69) is 15.6 Å². The largest absolute Gasteiger partial charge is 0.316 e. The molecule has 0 spiro atoms. The number of rotatable bonds is 4. The van der Waals surface area contributed by atoms with Gasteiger partial charge in [0, 0.05) is 24.0 Å². The summed E-state index contributed by atoms with van der Waals surface area (Å²) in [4.78, 5) is 17.2. The minimum atomic E-state index is -0.856. The van der Waals surface area contributed by atoms with Gasteiger partial charge in [-0.05, 0) is 37.1 Å². The van der Waals surface area contributed by atoms with E-state index in [1.54, 1.807) is 12.3 Å². The number of piperidine rings is 1. The highest BCUT2D eigenvalue weighted by molar-refractivity contribution is 7.15. The van der Waals surface area contributed by atoms with Crippen molar-refractivity contribution in [2.24, 2.45) is 5.92 Å². The zero-order valence-corrected chi connectivity index (χ0v) is 14.5. The number of thiazole rings is 1. The highest BCUT2D eigenvalue weighted by Crippen LogP contribution is 2.23. The second-order valence-electron chi connectivity index (χ2n) is 5.59. The Kier molecular flexibility index (Phi) is 6.65. The van der Waals surface area contributed by atoms with Crippen LogP contribution in [0.25, 0.3) is 0 Å². The smallest absolute Gasteiger partial charge is 0.230 e. The molecule has 2 aromatic rings. The number of nitrogens with zero attached hydrogens (tertiary/aromatic N) is 1. The van der Waals surface area contributed by atoms with Gasteiger partial charge < -0.3 is 10.6 Å². The molecule has 0 radical (unpaired) electrons. The first-order valence-electron chi connectivity index (χ1n) is 7.52. The molecule has 1 atom stereocenters. The van der Waals surface area contributed by atoms with E-state index in [0.717, 1.165) is 30.3 Å². The van der Waals surface area contributed by atoms with Crippen LogP contribution in [0.5, 0.6) is 0 Å². The number of carbonyl (C=O) groups excluding carboxylic acids is 1. The number of benzene rings is 1. The summed E-state index contributed by atoms with van der Waals surface area (Å²) in [7, 11) is 0. The molecule has 1 fully saturated rings. The van der Waals surface area contributed by atoms with Gasteiger partial charge in [-0.2, -0.15) is 0 Å². The first-order valence-corrected chi connectivity index (χ1v) is 8.33. The fraction of sp³-hybridized carbons (Fsp3) is 0.375. The Morgan fingerprint density at radius 1 is 1.38 bits per heavy atom. The quantitative estimate of drug-likeness (QED) is 0.864. The summed E-state index contributed by atoms with van der Waals surface area (Å²) >= 11 is 1.35. The standard InChI is InChI=1S/C16H17F2N3OS.ClH/c17-13-4-3-10(7-14(13)18)6-12-9-20-16(23-12)21-15(22)11-2-1-5-19-8-11;/h3-4,7,9,11,19H,1-2,5-6,8H2,(H,20,21,22);1H. The van der Waals surface area contributed by atoms with Crippen LogP contribution in [0.1, 0.15) is 23.3 Å². The van der Waals surface area contributed by atoms with Gasteiger partial charge in [-0.3, -0.25) is 4.79 Å². The summed E-state index contributed by atoms with van der Waals surface area (Å²) in [6.45, 7) is 1.65. The minimum absolute atomic E-state index is 0. The molecule has 1 amide bonds. The van der Waals surface area contributed by atoms with Gasteiger partial charge in [0.1, 0.15) is 0 Å². The van der Waals surface area contributed by atoms with Crippen molar-refractivity contribution < 1.29 is 13.6 Å². The van der Waals surface area contributed by atoms with Gasteiger partial charge in [-0.1, -0.05) is 6.07 Å². The molecule has 130 valence electrons. The van der Waals surface area contributed by atoms with Crippen LogP contribution in [-0.2, 0) is 11.2 Å². The van der Waals surface area contributed by atoms with Crippen LogP contribution in [0, 0.1) is 17.6 Å². The maximum Gasteiger partial charge on any atom is 0.230 e. The monoisotopic (exact) mass is 373 g/mol. The van der Waals surface area contributed by atoms with Crippen LogP contribution in [0.15, 0.2) is 24.4 Å². The van der Waals surface area contributed by atoms with E-state index >= 15 is 0 Å². The third-order valence-corrected chi connectivity index (χ3v) is 4.73. The summed E-state index contributed by atoms with van der Waals surface area (Å²) in [5.74, 6) is -1.76. The number of carbonyl (C=O) groups is 1. The molecule has 1 aromatic heterocycles. The third kappa shape index (κ3) is 4.72. The van der Waals surface area contributed by atoms with Crippen LogP contribution >= 0.6 is 23.7 Å². The van der Waals surface area contributed by atoms with Crippen LogP contribution in [0.4, 0.5) is 13.9 Å². The second-order valence-corrected chi connectivity index (χ2v) is 6.70. The van der Waals surface area contributed by atoms with Crippen LogP contribution in [-0.4, -0.2) is 24.0 Å². The van der Waals surface area contributed by atoms with Crippen molar-refractivity contribution in [1.82, 2.24) is 10.3 Å². The van der Waals surface area contributed by atoms with E-state index in [-0.39, 0.29) is 24.2 Å². The van der Waals surface area contributed by atoms with Crippen molar-refractivity contribution in [3.05, 3.63) is 46.5 Å². The van der Waals surface area contributed by atoms with Gasteiger partial charge in [-0.15, -0.1) is 23.7 Å². The Labute approximate surface area is 149 Å². The number of amides is 1. The van der Waals surface area contributed by atoms with Crippen molar-refractivity contribution in [1.29, 1.82) is 0 Å². The number of anilines is 1. The van der Waals surface area contributed by atoms with Crippen LogP contribution < -0.4 is 10.6 Å². The number of hydrogen-bond donors (Lipinski definition) is 2. The maximum atomic E-state index is 13.2.